The molecule has 0 radical (unpaired) electrons. The summed E-state index contributed by atoms with van der Waals surface area (Å²) in [5.74, 6) is 1.03. The van der Waals surface area contributed by atoms with Crippen LogP contribution in [0, 0.1) is 0 Å². The van der Waals surface area contributed by atoms with Crippen molar-refractivity contribution in [1.82, 2.24) is 14.3 Å². The van der Waals surface area contributed by atoms with E-state index in [1.807, 2.05) is 37.1 Å². The Labute approximate surface area is 83.2 Å². The highest BCUT2D eigenvalue weighted by atomic mass is 15.3. The van der Waals surface area contributed by atoms with Gasteiger partial charge < -0.3 is 9.88 Å². The van der Waals surface area contributed by atoms with Crippen LogP contribution in [0.25, 0.3) is 0 Å². The molecule has 0 amide bonds. The van der Waals surface area contributed by atoms with Gasteiger partial charge in [-0.1, -0.05) is 0 Å². The minimum Gasteiger partial charge on any atom is -0.365 e. The number of nitrogens with one attached hydrogen (secondary N) is 1. The molecule has 4 nitrogen and oxygen atoms in total. The number of aryl methyl sites for hydroxylation is 2. The molecule has 74 valence electrons. The van der Waals surface area contributed by atoms with Gasteiger partial charge in [-0.05, 0) is 12.1 Å². The molecule has 14 heavy (non-hydrogen) atoms. The molecule has 2 aromatic heterocycles. The summed E-state index contributed by atoms with van der Waals surface area (Å²) in [6, 6.07) is 6.10. The maximum atomic E-state index is 4.09. The molecule has 2 rings (SSSR count). The van der Waals surface area contributed by atoms with Crippen molar-refractivity contribution in [2.45, 2.75) is 6.54 Å². The molecule has 1 N–H and O–H groups in total. The van der Waals surface area contributed by atoms with E-state index in [9.17, 15) is 0 Å². The molecule has 4 heteroatoms. The van der Waals surface area contributed by atoms with Crippen LogP contribution in [0.5, 0.6) is 0 Å². The molecule has 0 unspecified atom stereocenters. The Morgan fingerprint density at radius 2 is 2.21 bits per heavy atom. The van der Waals surface area contributed by atoms with Gasteiger partial charge in [-0.15, -0.1) is 0 Å². The third-order valence-corrected chi connectivity index (χ3v) is 2.32. The Balaban J connectivity index is 2.02. The quantitative estimate of drug-likeness (QED) is 0.793. The first-order valence-electron chi connectivity index (χ1n) is 4.59. The van der Waals surface area contributed by atoms with Gasteiger partial charge in [-0.3, -0.25) is 4.68 Å². The predicted octanol–water partition coefficient (Wildman–Crippen LogP) is 1.37. The maximum Gasteiger partial charge on any atom is 0.124 e. The lowest BCUT2D eigenvalue weighted by Crippen LogP contribution is -2.07. The Bertz CT molecular complexity index is 373. The molecule has 0 aliphatic carbocycles. The van der Waals surface area contributed by atoms with Crippen molar-refractivity contribution in [3.63, 3.8) is 0 Å². The van der Waals surface area contributed by atoms with E-state index in [-0.39, 0.29) is 0 Å². The van der Waals surface area contributed by atoms with Crippen molar-refractivity contribution in [3.05, 3.63) is 36.3 Å². The van der Waals surface area contributed by atoms with E-state index in [1.54, 1.807) is 6.20 Å². The van der Waals surface area contributed by atoms with Gasteiger partial charge in [0, 0.05) is 32.1 Å². The fourth-order valence-corrected chi connectivity index (χ4v) is 1.41. The second-order valence-corrected chi connectivity index (χ2v) is 3.30. The van der Waals surface area contributed by atoms with E-state index in [0.29, 0.717) is 0 Å². The van der Waals surface area contributed by atoms with Crippen LogP contribution in [-0.4, -0.2) is 14.3 Å². The second-order valence-electron chi connectivity index (χ2n) is 3.30. The van der Waals surface area contributed by atoms with E-state index in [1.165, 1.54) is 5.69 Å². The minimum absolute atomic E-state index is 0.822. The standard InChI is InChI=1S/C10H14N4/c1-13-7-3-4-9(13)8-11-10-5-6-12-14(10)2/h3-7,11H,8H2,1-2H3. The highest BCUT2D eigenvalue weighted by Gasteiger charge is 1.99. The molecule has 0 fully saturated rings. The third kappa shape index (κ3) is 1.64. The van der Waals surface area contributed by atoms with Crippen molar-refractivity contribution in [3.8, 4) is 0 Å². The SMILES string of the molecule is Cn1cccc1CNc1ccnn1C. The Hall–Kier alpha value is -1.71. The molecule has 0 aromatic carbocycles. The summed E-state index contributed by atoms with van der Waals surface area (Å²) in [6.45, 7) is 0.822. The number of hydrogen-bond acceptors (Lipinski definition) is 2. The number of anilines is 1. The Morgan fingerprint density at radius 1 is 1.36 bits per heavy atom. The van der Waals surface area contributed by atoms with Crippen molar-refractivity contribution < 1.29 is 0 Å². The molecule has 0 spiro atoms. The van der Waals surface area contributed by atoms with Gasteiger partial charge in [-0.2, -0.15) is 5.10 Å². The van der Waals surface area contributed by atoms with Crippen LogP contribution in [0.15, 0.2) is 30.6 Å². The monoisotopic (exact) mass is 190 g/mol. The molecule has 0 atom stereocenters. The Kier molecular flexibility index (Phi) is 2.26. The zero-order chi connectivity index (χ0) is 9.97. The van der Waals surface area contributed by atoms with E-state index >= 15 is 0 Å². The maximum absolute atomic E-state index is 4.09. The van der Waals surface area contributed by atoms with Crippen molar-refractivity contribution in [1.29, 1.82) is 0 Å². The lowest BCUT2D eigenvalue weighted by Gasteiger charge is -2.07. The molecular weight excluding hydrogens is 176 g/mol. The van der Waals surface area contributed by atoms with Crippen molar-refractivity contribution >= 4 is 5.82 Å². The molecule has 2 aromatic rings. The van der Waals surface area contributed by atoms with Crippen LogP contribution in [0.4, 0.5) is 5.82 Å². The predicted molar refractivity (Wildman–Crippen MR) is 55.9 cm³/mol. The van der Waals surface area contributed by atoms with Crippen molar-refractivity contribution in [2.24, 2.45) is 14.1 Å². The van der Waals surface area contributed by atoms with Crippen LogP contribution in [0.3, 0.4) is 0 Å². The van der Waals surface area contributed by atoms with Gasteiger partial charge in [0.2, 0.25) is 0 Å². The van der Waals surface area contributed by atoms with Crippen LogP contribution in [0.2, 0.25) is 0 Å². The van der Waals surface area contributed by atoms with Gasteiger partial charge in [-0.25, -0.2) is 0 Å². The minimum atomic E-state index is 0.822. The first kappa shape index (κ1) is 8.87. The number of rotatable bonds is 3. The number of nitrogens with zero attached hydrogens (tertiary/aromatic N) is 3. The zero-order valence-electron chi connectivity index (χ0n) is 8.44. The summed E-state index contributed by atoms with van der Waals surface area (Å²) in [4.78, 5) is 0. The van der Waals surface area contributed by atoms with Crippen LogP contribution in [0.1, 0.15) is 5.69 Å². The summed E-state index contributed by atoms with van der Waals surface area (Å²) in [5, 5.41) is 7.40. The zero-order valence-corrected chi connectivity index (χ0v) is 8.44. The van der Waals surface area contributed by atoms with E-state index < -0.39 is 0 Å². The normalized spacial score (nSPS) is 10.4. The molecule has 0 saturated carbocycles. The molecule has 0 aliphatic heterocycles. The summed E-state index contributed by atoms with van der Waals surface area (Å²) in [6.07, 6.45) is 3.83. The van der Waals surface area contributed by atoms with Crippen LogP contribution in [-0.2, 0) is 20.6 Å². The van der Waals surface area contributed by atoms with E-state index in [2.05, 4.69) is 21.0 Å². The van der Waals surface area contributed by atoms with Crippen molar-refractivity contribution in [2.75, 3.05) is 5.32 Å². The molecule has 0 saturated heterocycles. The third-order valence-electron chi connectivity index (χ3n) is 2.32. The largest absolute Gasteiger partial charge is 0.365 e. The Morgan fingerprint density at radius 3 is 2.79 bits per heavy atom. The van der Waals surface area contributed by atoms with Gasteiger partial charge in [0.25, 0.3) is 0 Å². The number of aromatic nitrogens is 3. The smallest absolute Gasteiger partial charge is 0.124 e. The van der Waals surface area contributed by atoms with Gasteiger partial charge >= 0.3 is 0 Å². The van der Waals surface area contributed by atoms with Gasteiger partial charge in [0.1, 0.15) is 5.82 Å². The number of hydrogen-bond donors (Lipinski definition) is 1. The average molecular weight is 190 g/mol. The van der Waals surface area contributed by atoms with Gasteiger partial charge in [0.05, 0.1) is 12.7 Å². The van der Waals surface area contributed by atoms with Crippen LogP contribution >= 0.6 is 0 Å². The lowest BCUT2D eigenvalue weighted by atomic mass is 10.4. The van der Waals surface area contributed by atoms with Crippen LogP contribution < -0.4 is 5.32 Å². The average Bonchev–Trinajstić information content (AvgIpc) is 2.72. The molecule has 2 heterocycles. The summed E-state index contributed by atoms with van der Waals surface area (Å²) >= 11 is 0. The summed E-state index contributed by atoms with van der Waals surface area (Å²) in [5.41, 5.74) is 1.26. The van der Waals surface area contributed by atoms with Gasteiger partial charge in [0.15, 0.2) is 0 Å². The summed E-state index contributed by atoms with van der Waals surface area (Å²) < 4.78 is 3.92. The van der Waals surface area contributed by atoms with E-state index in [0.717, 1.165) is 12.4 Å². The second kappa shape index (κ2) is 3.57. The van der Waals surface area contributed by atoms with E-state index in [4.69, 9.17) is 0 Å². The first-order valence-corrected chi connectivity index (χ1v) is 4.59. The molecule has 0 aliphatic rings. The highest BCUT2D eigenvalue weighted by Crippen LogP contribution is 2.06. The highest BCUT2D eigenvalue weighted by molar-refractivity contribution is 5.34. The first-order chi connectivity index (χ1) is 6.77. The lowest BCUT2D eigenvalue weighted by molar-refractivity contribution is 0.762. The molecule has 0 bridgehead atoms. The fourth-order valence-electron chi connectivity index (χ4n) is 1.41. The summed E-state index contributed by atoms with van der Waals surface area (Å²) in [7, 11) is 3.97. The molecular formula is C10H14N4. The topological polar surface area (TPSA) is 34.8 Å². The fraction of sp³-hybridized carbons (Fsp3) is 0.300.